The van der Waals surface area contributed by atoms with E-state index in [0.717, 1.165) is 11.5 Å². The Bertz CT molecular complexity index is 219. The van der Waals surface area contributed by atoms with Crippen LogP contribution in [-0.4, -0.2) is 0 Å². The summed E-state index contributed by atoms with van der Waals surface area (Å²) in [4.78, 5) is 0. The molecular formula is C9H11Cl. The fourth-order valence-electron chi connectivity index (χ4n) is 0.826. The fraction of sp³-hybridized carbons (Fsp3) is 0.333. The van der Waals surface area contributed by atoms with Gasteiger partial charge in [-0.3, -0.25) is 0 Å². The molecular weight excluding hydrogens is 144 g/mol. The van der Waals surface area contributed by atoms with E-state index in [1.54, 1.807) is 0 Å². The maximum Gasteiger partial charge on any atom is 0.0369 e. The molecule has 0 aromatic heterocycles. The van der Waals surface area contributed by atoms with Crippen LogP contribution in [0.1, 0.15) is 20.3 Å². The lowest BCUT2D eigenvalue weighted by Gasteiger charge is -1.95. The Labute approximate surface area is 66.9 Å². The molecule has 0 N–H and O–H groups in total. The highest BCUT2D eigenvalue weighted by atomic mass is 35.5. The zero-order chi connectivity index (χ0) is 7.56. The van der Waals surface area contributed by atoms with Crippen LogP contribution < -0.4 is 0 Å². The molecule has 1 aliphatic carbocycles. The molecule has 0 saturated carbocycles. The summed E-state index contributed by atoms with van der Waals surface area (Å²) in [5.41, 5.74) is 2.72. The molecule has 0 aliphatic heterocycles. The van der Waals surface area contributed by atoms with Gasteiger partial charge in [-0.25, -0.2) is 0 Å². The van der Waals surface area contributed by atoms with Crippen molar-refractivity contribution in [2.75, 3.05) is 0 Å². The normalized spacial score (nSPS) is 18.9. The summed E-state index contributed by atoms with van der Waals surface area (Å²) < 4.78 is 0. The third-order valence-electron chi connectivity index (χ3n) is 1.77. The van der Waals surface area contributed by atoms with Crippen molar-refractivity contribution in [2.45, 2.75) is 20.3 Å². The molecule has 0 heterocycles. The number of rotatable bonds is 0. The Balaban J connectivity index is 2.89. The summed E-state index contributed by atoms with van der Waals surface area (Å²) in [5, 5.41) is 0.844. The van der Waals surface area contributed by atoms with E-state index in [4.69, 9.17) is 11.6 Å². The summed E-state index contributed by atoms with van der Waals surface area (Å²) in [6.45, 7) is 4.24. The fourth-order valence-corrected chi connectivity index (χ4v) is 0.967. The Hall–Kier alpha value is -0.490. The average Bonchev–Trinajstić information content (AvgIpc) is 2.04. The molecule has 0 spiro atoms. The molecule has 0 unspecified atom stereocenters. The Morgan fingerprint density at radius 3 is 2.70 bits per heavy atom. The minimum Gasteiger partial charge on any atom is -0.0847 e. The van der Waals surface area contributed by atoms with Gasteiger partial charge < -0.3 is 0 Å². The van der Waals surface area contributed by atoms with Crippen molar-refractivity contribution in [1.82, 2.24) is 0 Å². The minimum atomic E-state index is 0.844. The SMILES string of the molecule is CC1=C(C)CC=C(Cl)C=C1. The first-order valence-corrected chi connectivity index (χ1v) is 3.78. The zero-order valence-electron chi connectivity index (χ0n) is 6.32. The molecule has 0 amide bonds. The Morgan fingerprint density at radius 1 is 1.30 bits per heavy atom. The molecule has 1 rings (SSSR count). The smallest absolute Gasteiger partial charge is 0.0369 e. The quantitative estimate of drug-likeness (QED) is 0.502. The van der Waals surface area contributed by atoms with Gasteiger partial charge in [0.25, 0.3) is 0 Å². The molecule has 10 heavy (non-hydrogen) atoms. The number of hydrogen-bond donors (Lipinski definition) is 0. The van der Waals surface area contributed by atoms with E-state index in [1.165, 1.54) is 11.1 Å². The molecule has 54 valence electrons. The number of allylic oxidation sites excluding steroid dienone is 6. The van der Waals surface area contributed by atoms with E-state index >= 15 is 0 Å². The lowest BCUT2D eigenvalue weighted by Crippen LogP contribution is -1.75. The van der Waals surface area contributed by atoms with Gasteiger partial charge in [0.15, 0.2) is 0 Å². The van der Waals surface area contributed by atoms with E-state index in [9.17, 15) is 0 Å². The van der Waals surface area contributed by atoms with E-state index in [1.807, 2.05) is 12.2 Å². The molecule has 0 radical (unpaired) electrons. The van der Waals surface area contributed by atoms with Crippen LogP contribution in [0.15, 0.2) is 34.4 Å². The minimum absolute atomic E-state index is 0.844. The highest BCUT2D eigenvalue weighted by Crippen LogP contribution is 2.18. The van der Waals surface area contributed by atoms with E-state index in [-0.39, 0.29) is 0 Å². The van der Waals surface area contributed by atoms with E-state index in [0.29, 0.717) is 0 Å². The van der Waals surface area contributed by atoms with Gasteiger partial charge in [0.2, 0.25) is 0 Å². The Morgan fingerprint density at radius 2 is 2.00 bits per heavy atom. The van der Waals surface area contributed by atoms with Crippen molar-refractivity contribution in [3.8, 4) is 0 Å². The zero-order valence-corrected chi connectivity index (χ0v) is 7.07. The monoisotopic (exact) mass is 154 g/mol. The molecule has 0 aromatic carbocycles. The predicted octanol–water partition coefficient (Wildman–Crippen LogP) is 3.41. The molecule has 0 aromatic rings. The van der Waals surface area contributed by atoms with Gasteiger partial charge in [0.1, 0.15) is 0 Å². The van der Waals surface area contributed by atoms with Crippen LogP contribution in [0.4, 0.5) is 0 Å². The molecule has 1 heteroatoms. The first kappa shape index (κ1) is 7.62. The van der Waals surface area contributed by atoms with Crippen molar-refractivity contribution >= 4 is 11.6 Å². The van der Waals surface area contributed by atoms with Crippen LogP contribution in [0.25, 0.3) is 0 Å². The van der Waals surface area contributed by atoms with Crippen molar-refractivity contribution in [1.29, 1.82) is 0 Å². The standard InChI is InChI=1S/C9H11Cl/c1-7-3-5-9(10)6-4-8(7)2/h3,5-6H,4H2,1-2H3. The van der Waals surface area contributed by atoms with Gasteiger partial charge >= 0.3 is 0 Å². The van der Waals surface area contributed by atoms with Crippen LogP contribution in [0.2, 0.25) is 0 Å². The van der Waals surface area contributed by atoms with Gasteiger partial charge in [0, 0.05) is 5.03 Å². The summed E-state index contributed by atoms with van der Waals surface area (Å²) in [7, 11) is 0. The van der Waals surface area contributed by atoms with Crippen LogP contribution in [0.3, 0.4) is 0 Å². The molecule has 1 aliphatic rings. The van der Waals surface area contributed by atoms with Crippen molar-refractivity contribution in [3.63, 3.8) is 0 Å². The molecule has 0 nitrogen and oxygen atoms in total. The number of hydrogen-bond acceptors (Lipinski definition) is 0. The second kappa shape index (κ2) is 3.07. The predicted molar refractivity (Wildman–Crippen MR) is 46.1 cm³/mol. The second-order valence-corrected chi connectivity index (χ2v) is 3.03. The van der Waals surface area contributed by atoms with Gasteiger partial charge in [0.05, 0.1) is 0 Å². The highest BCUT2D eigenvalue weighted by Gasteiger charge is 1.96. The van der Waals surface area contributed by atoms with Crippen molar-refractivity contribution in [2.24, 2.45) is 0 Å². The maximum absolute atomic E-state index is 5.80. The van der Waals surface area contributed by atoms with Gasteiger partial charge in [-0.1, -0.05) is 34.9 Å². The molecule has 0 bridgehead atoms. The Kier molecular flexibility index (Phi) is 2.34. The van der Waals surface area contributed by atoms with Gasteiger partial charge in [-0.05, 0) is 26.3 Å². The largest absolute Gasteiger partial charge is 0.0847 e. The average molecular weight is 155 g/mol. The van der Waals surface area contributed by atoms with E-state index in [2.05, 4.69) is 19.9 Å². The van der Waals surface area contributed by atoms with Gasteiger partial charge in [-0.15, -0.1) is 0 Å². The number of halogens is 1. The highest BCUT2D eigenvalue weighted by molar-refractivity contribution is 6.31. The summed E-state index contributed by atoms with van der Waals surface area (Å²) in [6.07, 6.45) is 7.01. The van der Waals surface area contributed by atoms with Crippen LogP contribution in [-0.2, 0) is 0 Å². The summed E-state index contributed by atoms with van der Waals surface area (Å²) >= 11 is 5.80. The molecule has 0 fully saturated rings. The van der Waals surface area contributed by atoms with Crippen LogP contribution in [0, 0.1) is 0 Å². The summed E-state index contributed by atoms with van der Waals surface area (Å²) in [5.74, 6) is 0. The topological polar surface area (TPSA) is 0 Å². The summed E-state index contributed by atoms with van der Waals surface area (Å²) in [6, 6.07) is 0. The maximum atomic E-state index is 5.80. The van der Waals surface area contributed by atoms with Crippen LogP contribution >= 0.6 is 11.6 Å². The van der Waals surface area contributed by atoms with E-state index < -0.39 is 0 Å². The third-order valence-corrected chi connectivity index (χ3v) is 2.05. The second-order valence-electron chi connectivity index (χ2n) is 2.59. The van der Waals surface area contributed by atoms with Gasteiger partial charge in [-0.2, -0.15) is 0 Å². The van der Waals surface area contributed by atoms with Crippen LogP contribution in [0.5, 0.6) is 0 Å². The van der Waals surface area contributed by atoms with Crippen molar-refractivity contribution in [3.05, 3.63) is 34.4 Å². The lowest BCUT2D eigenvalue weighted by atomic mass is 10.1. The first-order valence-electron chi connectivity index (χ1n) is 3.40. The molecule has 0 saturated heterocycles. The van der Waals surface area contributed by atoms with Crippen molar-refractivity contribution < 1.29 is 0 Å². The molecule has 0 atom stereocenters. The third kappa shape index (κ3) is 1.74. The first-order chi connectivity index (χ1) is 4.70. The lowest BCUT2D eigenvalue weighted by molar-refractivity contribution is 1.17.